The van der Waals surface area contributed by atoms with Crippen molar-refractivity contribution in [2.24, 2.45) is 5.73 Å². The van der Waals surface area contributed by atoms with E-state index in [0.29, 0.717) is 16.6 Å². The summed E-state index contributed by atoms with van der Waals surface area (Å²) >= 11 is 0. The zero-order chi connectivity index (χ0) is 15.7. The first kappa shape index (κ1) is 13.7. The predicted molar refractivity (Wildman–Crippen MR) is 80.9 cm³/mol. The Balaban J connectivity index is 2.29. The van der Waals surface area contributed by atoms with E-state index in [2.05, 4.69) is 4.98 Å². The average molecular weight is 298 g/mol. The van der Waals surface area contributed by atoms with Gasteiger partial charge in [0.1, 0.15) is 0 Å². The molecule has 0 atom stereocenters. The molecule has 2 heterocycles. The van der Waals surface area contributed by atoms with Gasteiger partial charge in [0, 0.05) is 30.2 Å². The molecule has 0 radical (unpaired) electrons. The first-order valence-corrected chi connectivity index (χ1v) is 6.40. The second-order valence-corrected chi connectivity index (χ2v) is 4.56. The molecule has 22 heavy (non-hydrogen) atoms. The standard InChI is InChI=1S/C15H11FN4O2/c16-15-12-9-18-8-6-13(12)19(14(15)5-7-17)10-1-3-11(4-2-10)20(21)22/h1-9H,17H2/b7-5-. The zero-order valence-corrected chi connectivity index (χ0v) is 11.3. The Morgan fingerprint density at radius 3 is 2.64 bits per heavy atom. The Morgan fingerprint density at radius 1 is 1.27 bits per heavy atom. The quantitative estimate of drug-likeness (QED) is 0.594. The summed E-state index contributed by atoms with van der Waals surface area (Å²) in [4.78, 5) is 14.2. The van der Waals surface area contributed by atoms with E-state index in [9.17, 15) is 14.5 Å². The van der Waals surface area contributed by atoms with Gasteiger partial charge in [0.25, 0.3) is 5.69 Å². The Bertz CT molecular complexity index is 884. The largest absolute Gasteiger partial charge is 0.405 e. The van der Waals surface area contributed by atoms with Gasteiger partial charge in [-0.1, -0.05) is 0 Å². The third-order valence-electron chi connectivity index (χ3n) is 3.31. The Hall–Kier alpha value is -3.22. The van der Waals surface area contributed by atoms with E-state index in [1.54, 1.807) is 29.0 Å². The molecular formula is C15H11FN4O2. The fourth-order valence-corrected chi connectivity index (χ4v) is 2.36. The molecule has 2 N–H and O–H groups in total. The Morgan fingerprint density at radius 2 is 2.00 bits per heavy atom. The van der Waals surface area contributed by atoms with E-state index in [1.165, 1.54) is 30.6 Å². The van der Waals surface area contributed by atoms with Crippen LogP contribution in [0, 0.1) is 15.9 Å². The highest BCUT2D eigenvalue weighted by Gasteiger charge is 2.17. The molecule has 0 saturated heterocycles. The zero-order valence-electron chi connectivity index (χ0n) is 11.3. The SMILES string of the molecule is N/C=C\c1c(F)c2cnccc2n1-c1ccc([N+](=O)[O-])cc1. The maximum Gasteiger partial charge on any atom is 0.269 e. The number of halogens is 1. The van der Waals surface area contributed by atoms with Gasteiger partial charge in [-0.25, -0.2) is 4.39 Å². The minimum Gasteiger partial charge on any atom is -0.405 e. The lowest BCUT2D eigenvalue weighted by Crippen LogP contribution is -1.98. The normalized spacial score (nSPS) is 11.3. The van der Waals surface area contributed by atoms with Gasteiger partial charge in [-0.15, -0.1) is 0 Å². The molecule has 2 aromatic heterocycles. The van der Waals surface area contributed by atoms with Crippen LogP contribution in [0.4, 0.5) is 10.1 Å². The van der Waals surface area contributed by atoms with Crippen LogP contribution in [-0.2, 0) is 0 Å². The molecule has 0 unspecified atom stereocenters. The van der Waals surface area contributed by atoms with Crippen LogP contribution in [0.2, 0.25) is 0 Å². The van der Waals surface area contributed by atoms with Gasteiger partial charge >= 0.3 is 0 Å². The van der Waals surface area contributed by atoms with Gasteiger partial charge in [-0.05, 0) is 30.5 Å². The molecule has 0 fully saturated rings. The highest BCUT2D eigenvalue weighted by atomic mass is 19.1. The smallest absolute Gasteiger partial charge is 0.269 e. The lowest BCUT2D eigenvalue weighted by atomic mass is 10.2. The molecule has 1 aromatic carbocycles. The fraction of sp³-hybridized carbons (Fsp3) is 0. The highest BCUT2D eigenvalue weighted by molar-refractivity contribution is 5.85. The second kappa shape index (κ2) is 5.28. The van der Waals surface area contributed by atoms with Crippen LogP contribution in [0.1, 0.15) is 5.69 Å². The molecule has 0 amide bonds. The van der Waals surface area contributed by atoms with Gasteiger partial charge < -0.3 is 10.3 Å². The highest BCUT2D eigenvalue weighted by Crippen LogP contribution is 2.29. The summed E-state index contributed by atoms with van der Waals surface area (Å²) in [5.74, 6) is -0.442. The fourth-order valence-electron chi connectivity index (χ4n) is 2.36. The summed E-state index contributed by atoms with van der Waals surface area (Å²) in [6, 6.07) is 7.54. The van der Waals surface area contributed by atoms with Crippen LogP contribution in [0.15, 0.2) is 48.9 Å². The maximum absolute atomic E-state index is 14.5. The van der Waals surface area contributed by atoms with E-state index < -0.39 is 10.7 Å². The number of aromatic nitrogens is 2. The first-order valence-electron chi connectivity index (χ1n) is 6.40. The van der Waals surface area contributed by atoms with Crippen molar-refractivity contribution in [2.45, 2.75) is 0 Å². The van der Waals surface area contributed by atoms with Crippen LogP contribution in [-0.4, -0.2) is 14.5 Å². The monoisotopic (exact) mass is 298 g/mol. The van der Waals surface area contributed by atoms with Crippen molar-refractivity contribution in [1.82, 2.24) is 9.55 Å². The third kappa shape index (κ3) is 2.08. The molecule has 0 saturated carbocycles. The van der Waals surface area contributed by atoms with E-state index in [1.807, 2.05) is 0 Å². The number of nitro benzene ring substituents is 1. The molecule has 3 aromatic rings. The number of hydrogen-bond donors (Lipinski definition) is 1. The minimum atomic E-state index is -0.483. The molecule has 110 valence electrons. The van der Waals surface area contributed by atoms with E-state index >= 15 is 0 Å². The van der Waals surface area contributed by atoms with Crippen LogP contribution in [0.25, 0.3) is 22.7 Å². The molecule has 7 heteroatoms. The van der Waals surface area contributed by atoms with Gasteiger partial charge in [0.05, 0.1) is 21.5 Å². The summed E-state index contributed by atoms with van der Waals surface area (Å²) in [6.45, 7) is 0. The van der Waals surface area contributed by atoms with Crippen molar-refractivity contribution in [1.29, 1.82) is 0 Å². The second-order valence-electron chi connectivity index (χ2n) is 4.56. The van der Waals surface area contributed by atoms with Crippen molar-refractivity contribution in [3.05, 3.63) is 70.6 Å². The van der Waals surface area contributed by atoms with Crippen molar-refractivity contribution >= 4 is 22.7 Å². The topological polar surface area (TPSA) is 87.0 Å². The van der Waals surface area contributed by atoms with Crippen molar-refractivity contribution < 1.29 is 9.31 Å². The number of nitro groups is 1. The number of nitrogens with zero attached hydrogens (tertiary/aromatic N) is 3. The number of non-ortho nitro benzene ring substituents is 1. The summed E-state index contributed by atoms with van der Waals surface area (Å²) < 4.78 is 16.1. The molecule has 0 aliphatic rings. The number of benzene rings is 1. The van der Waals surface area contributed by atoms with E-state index in [-0.39, 0.29) is 11.4 Å². The van der Waals surface area contributed by atoms with E-state index in [0.717, 1.165) is 0 Å². The maximum atomic E-state index is 14.5. The number of nitrogens with two attached hydrogens (primary N) is 1. The first-order chi connectivity index (χ1) is 10.6. The molecule has 0 aliphatic carbocycles. The lowest BCUT2D eigenvalue weighted by Gasteiger charge is -2.08. The predicted octanol–water partition coefficient (Wildman–Crippen LogP) is 3.00. The number of pyridine rings is 1. The van der Waals surface area contributed by atoms with Crippen molar-refractivity contribution in [3.63, 3.8) is 0 Å². The summed E-state index contributed by atoms with van der Waals surface area (Å²) in [5, 5.41) is 11.1. The Kier molecular flexibility index (Phi) is 3.30. The van der Waals surface area contributed by atoms with Gasteiger partial charge in [-0.2, -0.15) is 0 Å². The number of hydrogen-bond acceptors (Lipinski definition) is 4. The molecule has 0 aliphatic heterocycles. The summed E-state index contributed by atoms with van der Waals surface area (Å²) in [5.41, 5.74) is 6.83. The molecule has 3 rings (SSSR count). The van der Waals surface area contributed by atoms with Crippen LogP contribution < -0.4 is 5.73 Å². The lowest BCUT2D eigenvalue weighted by molar-refractivity contribution is -0.384. The average Bonchev–Trinajstić information content (AvgIpc) is 2.81. The summed E-state index contributed by atoms with van der Waals surface area (Å²) in [7, 11) is 0. The van der Waals surface area contributed by atoms with Crippen LogP contribution >= 0.6 is 0 Å². The van der Waals surface area contributed by atoms with Crippen molar-refractivity contribution in [2.75, 3.05) is 0 Å². The van der Waals surface area contributed by atoms with Gasteiger partial charge in [0.15, 0.2) is 5.82 Å². The molecular weight excluding hydrogens is 287 g/mol. The van der Waals surface area contributed by atoms with E-state index in [4.69, 9.17) is 5.73 Å². The van der Waals surface area contributed by atoms with Crippen molar-refractivity contribution in [3.8, 4) is 5.69 Å². The van der Waals surface area contributed by atoms with Crippen LogP contribution in [0.3, 0.4) is 0 Å². The third-order valence-corrected chi connectivity index (χ3v) is 3.31. The van der Waals surface area contributed by atoms with Crippen LogP contribution in [0.5, 0.6) is 0 Å². The number of fused-ring (bicyclic) bond motifs is 1. The molecule has 0 spiro atoms. The Labute approximate surface area is 124 Å². The van der Waals surface area contributed by atoms with Gasteiger partial charge in [-0.3, -0.25) is 15.1 Å². The number of rotatable bonds is 3. The minimum absolute atomic E-state index is 0.0294. The molecule has 6 nitrogen and oxygen atoms in total. The van der Waals surface area contributed by atoms with Gasteiger partial charge in [0.2, 0.25) is 0 Å². The molecule has 0 bridgehead atoms. The summed E-state index contributed by atoms with van der Waals surface area (Å²) in [6.07, 6.45) is 5.67.